The normalized spacial score (nSPS) is 11.8. The number of aromatic nitrogens is 6. The zero-order chi connectivity index (χ0) is 55.1. The average Bonchev–Trinajstić information content (AvgIpc) is 4.13. The smallest absolute Gasteiger partial charge is 0.164 e. The predicted molar refractivity (Wildman–Crippen MR) is 333 cm³/mol. The highest BCUT2D eigenvalue weighted by molar-refractivity contribution is 6.10. The van der Waals surface area contributed by atoms with E-state index in [9.17, 15) is 0 Å². The van der Waals surface area contributed by atoms with Crippen molar-refractivity contribution in [3.8, 4) is 51.4 Å². The molecule has 0 unspecified atom stereocenters. The molecule has 0 radical (unpaired) electrons. The minimum atomic E-state index is 0.667. The summed E-state index contributed by atoms with van der Waals surface area (Å²) in [5.74, 6) is 4.63. The van der Waals surface area contributed by atoms with Crippen molar-refractivity contribution in [2.45, 2.75) is 57.8 Å². The molecular formula is C72H66N6O3. The summed E-state index contributed by atoms with van der Waals surface area (Å²) in [6, 6.07) is 66.1. The lowest BCUT2D eigenvalue weighted by Gasteiger charge is -2.10. The Hall–Kier alpha value is -9.21. The number of hydrogen-bond acceptors (Lipinski definition) is 6. The van der Waals surface area contributed by atoms with Crippen molar-refractivity contribution in [1.82, 2.24) is 28.7 Å². The van der Waals surface area contributed by atoms with Crippen LogP contribution < -0.4 is 14.2 Å². The molecule has 0 fully saturated rings. The molecule has 402 valence electrons. The van der Waals surface area contributed by atoms with E-state index in [1.165, 1.54) is 98.8 Å². The van der Waals surface area contributed by atoms with Gasteiger partial charge in [0.25, 0.3) is 0 Å². The largest absolute Gasteiger partial charge is 0.497 e. The summed E-state index contributed by atoms with van der Waals surface area (Å²) in [6.45, 7) is 0. The van der Waals surface area contributed by atoms with E-state index >= 15 is 0 Å². The van der Waals surface area contributed by atoms with Crippen LogP contribution in [0.15, 0.2) is 182 Å². The second-order valence-electron chi connectivity index (χ2n) is 21.8. The Labute approximate surface area is 473 Å². The highest BCUT2D eigenvalue weighted by Gasteiger charge is 2.16. The fourth-order valence-electron chi connectivity index (χ4n) is 12.2. The van der Waals surface area contributed by atoms with Crippen LogP contribution in [0.25, 0.3) is 99.6 Å². The number of ether oxygens (including phenoxy) is 3. The predicted octanol–water partition coefficient (Wildman–Crippen LogP) is 16.4. The first-order chi connectivity index (χ1) is 39.7. The van der Waals surface area contributed by atoms with Crippen molar-refractivity contribution < 1.29 is 14.2 Å². The molecule has 9 aromatic carbocycles. The molecule has 81 heavy (non-hydrogen) atoms. The van der Waals surface area contributed by atoms with E-state index in [1.807, 2.05) is 18.2 Å². The van der Waals surface area contributed by atoms with Gasteiger partial charge in [-0.15, -0.1) is 0 Å². The molecule has 0 saturated heterocycles. The maximum absolute atomic E-state index is 5.53. The molecule has 0 aliphatic carbocycles. The van der Waals surface area contributed by atoms with Gasteiger partial charge in [0, 0.05) is 105 Å². The molecule has 0 aliphatic heterocycles. The minimum Gasteiger partial charge on any atom is -0.497 e. The van der Waals surface area contributed by atoms with E-state index in [4.69, 9.17) is 29.2 Å². The molecular weight excluding hydrogens is 997 g/mol. The monoisotopic (exact) mass is 1060 g/mol. The van der Waals surface area contributed by atoms with Crippen LogP contribution in [-0.2, 0) is 59.7 Å². The first-order valence-corrected chi connectivity index (χ1v) is 28.4. The van der Waals surface area contributed by atoms with E-state index in [0.717, 1.165) is 91.7 Å². The van der Waals surface area contributed by atoms with E-state index in [1.54, 1.807) is 21.3 Å². The summed E-state index contributed by atoms with van der Waals surface area (Å²) in [5.41, 5.74) is 18.1. The van der Waals surface area contributed by atoms with Crippen LogP contribution in [0.4, 0.5) is 0 Å². The van der Waals surface area contributed by atoms with Crippen molar-refractivity contribution in [1.29, 1.82) is 0 Å². The first kappa shape index (κ1) is 51.2. The molecule has 9 nitrogen and oxygen atoms in total. The molecule has 0 bridgehead atoms. The average molecular weight is 1060 g/mol. The van der Waals surface area contributed by atoms with Crippen molar-refractivity contribution in [2.75, 3.05) is 21.3 Å². The van der Waals surface area contributed by atoms with Crippen LogP contribution in [-0.4, -0.2) is 50.0 Å². The standard InChI is InChI=1S/C72H66N6O3/c1-76-64-40-49(22-34-58(64)61-37-31-55(79-4)43-67(61)76)13-7-10-46-16-25-52(26-17-46)70-73-71(53-27-18-47(19-28-53)11-8-14-50-23-35-59-62-38-32-56(80-5)44-68(62)77(2)65(59)41-50)75-72(74-70)54-29-20-48(21-30-54)12-9-15-51-24-36-60-63-39-33-57(81-6)45-69(63)78(3)66(60)42-51/h16-45H,7-15H2,1-6H3. The SMILES string of the molecule is COc1ccc2c3ccc(CCCc4ccc(-c5nc(-c6ccc(CCCc7ccc8c9ccc(OC)cc9n(C)c8c7)cc6)nc(-c6ccc(CCCc7ccc8c9ccc(OC)cc9n(C)c8c7)cc6)n5)cc4)cc3n(C)c2c1. The van der Waals surface area contributed by atoms with Gasteiger partial charge in [-0.2, -0.15) is 0 Å². The van der Waals surface area contributed by atoms with Crippen LogP contribution in [0.3, 0.4) is 0 Å². The summed E-state index contributed by atoms with van der Waals surface area (Å²) >= 11 is 0. The minimum absolute atomic E-state index is 0.667. The zero-order valence-electron chi connectivity index (χ0n) is 47.1. The molecule has 0 N–H and O–H groups in total. The van der Waals surface area contributed by atoms with Crippen molar-refractivity contribution in [3.05, 3.63) is 215 Å². The second-order valence-corrected chi connectivity index (χ2v) is 21.8. The van der Waals surface area contributed by atoms with Gasteiger partial charge in [0.2, 0.25) is 0 Å². The fourth-order valence-corrected chi connectivity index (χ4v) is 12.2. The first-order valence-electron chi connectivity index (χ1n) is 28.4. The van der Waals surface area contributed by atoms with Crippen molar-refractivity contribution in [2.24, 2.45) is 21.1 Å². The molecule has 13 aromatic rings. The number of benzene rings is 9. The molecule has 4 aromatic heterocycles. The lowest BCUT2D eigenvalue weighted by molar-refractivity contribution is 0.415. The van der Waals surface area contributed by atoms with Crippen LogP contribution in [0, 0.1) is 0 Å². The number of fused-ring (bicyclic) bond motifs is 9. The Morgan fingerprint density at radius 3 is 0.753 bits per heavy atom. The van der Waals surface area contributed by atoms with Gasteiger partial charge in [-0.3, -0.25) is 0 Å². The van der Waals surface area contributed by atoms with E-state index in [2.05, 4.69) is 199 Å². The third kappa shape index (κ3) is 10.0. The van der Waals surface area contributed by atoms with Crippen LogP contribution in [0.5, 0.6) is 17.2 Å². The Bertz CT molecular complexity index is 4000. The molecule has 13 rings (SSSR count). The topological polar surface area (TPSA) is 81.2 Å². The molecule has 0 saturated carbocycles. The van der Waals surface area contributed by atoms with E-state index < -0.39 is 0 Å². The Kier molecular flexibility index (Phi) is 13.8. The van der Waals surface area contributed by atoms with Crippen LogP contribution >= 0.6 is 0 Å². The van der Waals surface area contributed by atoms with Crippen molar-refractivity contribution in [3.63, 3.8) is 0 Å². The van der Waals surface area contributed by atoms with Gasteiger partial charge in [-0.05, 0) is 146 Å². The zero-order valence-corrected chi connectivity index (χ0v) is 47.1. The van der Waals surface area contributed by atoms with Gasteiger partial charge in [0.1, 0.15) is 17.2 Å². The third-order valence-corrected chi connectivity index (χ3v) is 16.9. The summed E-state index contributed by atoms with van der Waals surface area (Å²) < 4.78 is 23.4. The van der Waals surface area contributed by atoms with Gasteiger partial charge in [-0.25, -0.2) is 15.0 Å². The van der Waals surface area contributed by atoms with Gasteiger partial charge >= 0.3 is 0 Å². The maximum atomic E-state index is 5.53. The Morgan fingerprint density at radius 1 is 0.272 bits per heavy atom. The second kappa shape index (κ2) is 21.8. The highest BCUT2D eigenvalue weighted by Crippen LogP contribution is 2.36. The van der Waals surface area contributed by atoms with E-state index in [-0.39, 0.29) is 0 Å². The number of aryl methyl sites for hydroxylation is 9. The molecule has 0 amide bonds. The summed E-state index contributed by atoms with van der Waals surface area (Å²) in [6.07, 6.45) is 9.05. The molecule has 0 atom stereocenters. The fraction of sp³-hybridized carbons (Fsp3) is 0.208. The molecule has 0 aliphatic rings. The lowest BCUT2D eigenvalue weighted by Crippen LogP contribution is -2.01. The third-order valence-electron chi connectivity index (χ3n) is 16.9. The number of hydrogen-bond donors (Lipinski definition) is 0. The summed E-state index contributed by atoms with van der Waals surface area (Å²) in [7, 11) is 11.6. The van der Waals surface area contributed by atoms with Gasteiger partial charge < -0.3 is 27.9 Å². The maximum Gasteiger partial charge on any atom is 0.164 e. The Balaban J connectivity index is 0.711. The van der Waals surface area contributed by atoms with Crippen molar-refractivity contribution >= 4 is 65.4 Å². The van der Waals surface area contributed by atoms with Crippen LogP contribution in [0.2, 0.25) is 0 Å². The number of nitrogens with zero attached hydrogens (tertiary/aromatic N) is 6. The Morgan fingerprint density at radius 2 is 0.494 bits per heavy atom. The molecule has 0 spiro atoms. The number of methoxy groups -OCH3 is 3. The highest BCUT2D eigenvalue weighted by atomic mass is 16.5. The van der Waals surface area contributed by atoms with Crippen LogP contribution in [0.1, 0.15) is 52.6 Å². The van der Waals surface area contributed by atoms with Gasteiger partial charge in [0.15, 0.2) is 17.5 Å². The summed E-state index contributed by atoms with van der Waals surface area (Å²) in [5, 5.41) is 7.57. The van der Waals surface area contributed by atoms with Gasteiger partial charge in [-0.1, -0.05) is 109 Å². The number of rotatable bonds is 18. The van der Waals surface area contributed by atoms with E-state index in [0.29, 0.717) is 17.5 Å². The van der Waals surface area contributed by atoms with Gasteiger partial charge in [0.05, 0.1) is 37.9 Å². The quantitative estimate of drug-likeness (QED) is 0.0852. The summed E-state index contributed by atoms with van der Waals surface area (Å²) in [4.78, 5) is 15.5. The molecule has 4 heterocycles. The lowest BCUT2D eigenvalue weighted by atomic mass is 10.0. The molecule has 9 heteroatoms.